The van der Waals surface area contributed by atoms with Crippen molar-refractivity contribution in [1.82, 2.24) is 5.32 Å². The summed E-state index contributed by atoms with van der Waals surface area (Å²) in [7, 11) is 0. The van der Waals surface area contributed by atoms with Crippen LogP contribution >= 0.6 is 0 Å². The van der Waals surface area contributed by atoms with Gasteiger partial charge in [0.15, 0.2) is 0 Å². The van der Waals surface area contributed by atoms with Gasteiger partial charge in [-0.25, -0.2) is 4.79 Å². The van der Waals surface area contributed by atoms with Crippen LogP contribution in [-0.2, 0) is 12.8 Å². The molecule has 0 saturated heterocycles. The zero-order valence-corrected chi connectivity index (χ0v) is 9.48. The first kappa shape index (κ1) is 11.7. The largest absolute Gasteiger partial charge is 0.493 e. The van der Waals surface area contributed by atoms with Crippen LogP contribution in [0.2, 0.25) is 0 Å². The van der Waals surface area contributed by atoms with Gasteiger partial charge in [-0.3, -0.25) is 0 Å². The third kappa shape index (κ3) is 2.88. The Bertz CT molecular complexity index is 420. The minimum Gasteiger partial charge on any atom is -0.493 e. The van der Waals surface area contributed by atoms with E-state index in [1.54, 1.807) is 0 Å². The van der Waals surface area contributed by atoms with E-state index >= 15 is 0 Å². The molecule has 1 amide bonds. The molecule has 5 heteroatoms. The van der Waals surface area contributed by atoms with Crippen molar-refractivity contribution >= 4 is 6.09 Å². The third-order valence-corrected chi connectivity index (χ3v) is 2.85. The number of benzene rings is 1. The molecule has 17 heavy (non-hydrogen) atoms. The molecular weight excluding hydrogens is 220 g/mol. The first-order valence-electron chi connectivity index (χ1n) is 5.63. The van der Waals surface area contributed by atoms with Crippen molar-refractivity contribution in [2.24, 2.45) is 5.73 Å². The first-order valence-corrected chi connectivity index (χ1v) is 5.63. The van der Waals surface area contributed by atoms with Crippen molar-refractivity contribution in [3.8, 4) is 5.75 Å². The summed E-state index contributed by atoms with van der Waals surface area (Å²) >= 11 is 0. The number of amides is 1. The number of nitrogens with one attached hydrogen (secondary N) is 1. The van der Waals surface area contributed by atoms with Crippen molar-refractivity contribution in [2.75, 3.05) is 13.2 Å². The van der Waals surface area contributed by atoms with Gasteiger partial charge in [-0.2, -0.15) is 0 Å². The second-order valence-electron chi connectivity index (χ2n) is 4.13. The highest BCUT2D eigenvalue weighted by Crippen LogP contribution is 2.26. The Morgan fingerprint density at radius 3 is 3.12 bits per heavy atom. The van der Waals surface area contributed by atoms with E-state index in [2.05, 4.69) is 11.4 Å². The lowest BCUT2D eigenvalue weighted by atomic mass is 10.0. The minimum absolute atomic E-state index is 0.243. The SMILES string of the molecule is NC[C@H](Cc1ccc2c(c1)CCO2)NC(=O)O. The maximum atomic E-state index is 10.6. The van der Waals surface area contributed by atoms with E-state index in [0.29, 0.717) is 13.0 Å². The molecule has 92 valence electrons. The molecule has 1 aromatic rings. The van der Waals surface area contributed by atoms with Crippen LogP contribution in [0.4, 0.5) is 4.79 Å². The Morgan fingerprint density at radius 1 is 1.59 bits per heavy atom. The summed E-state index contributed by atoms with van der Waals surface area (Å²) in [5.74, 6) is 0.934. The van der Waals surface area contributed by atoms with Crippen LogP contribution in [0.25, 0.3) is 0 Å². The van der Waals surface area contributed by atoms with Crippen LogP contribution in [0.3, 0.4) is 0 Å². The van der Waals surface area contributed by atoms with E-state index in [-0.39, 0.29) is 6.04 Å². The average molecular weight is 236 g/mol. The van der Waals surface area contributed by atoms with Crippen molar-refractivity contribution < 1.29 is 14.6 Å². The van der Waals surface area contributed by atoms with Gasteiger partial charge < -0.3 is 20.9 Å². The number of ether oxygens (including phenoxy) is 1. The van der Waals surface area contributed by atoms with Gasteiger partial charge in [0.05, 0.1) is 6.61 Å². The molecule has 0 spiro atoms. The van der Waals surface area contributed by atoms with E-state index in [1.165, 1.54) is 5.56 Å². The number of fused-ring (bicyclic) bond motifs is 1. The summed E-state index contributed by atoms with van der Waals surface area (Å²) in [6.07, 6.45) is 0.490. The van der Waals surface area contributed by atoms with Gasteiger partial charge in [0.25, 0.3) is 0 Å². The summed E-state index contributed by atoms with van der Waals surface area (Å²) in [5.41, 5.74) is 7.80. The molecule has 0 bridgehead atoms. The molecule has 0 fully saturated rings. The summed E-state index contributed by atoms with van der Waals surface area (Å²) in [6.45, 7) is 1.02. The predicted octanol–water partition coefficient (Wildman–Crippen LogP) is 0.759. The summed E-state index contributed by atoms with van der Waals surface area (Å²) in [5, 5.41) is 11.1. The van der Waals surface area contributed by atoms with Gasteiger partial charge in [-0.05, 0) is 23.6 Å². The highest BCUT2D eigenvalue weighted by molar-refractivity contribution is 5.65. The van der Waals surface area contributed by atoms with Gasteiger partial charge in [-0.1, -0.05) is 12.1 Å². The van der Waals surface area contributed by atoms with Gasteiger partial charge in [0.2, 0.25) is 0 Å². The smallest absolute Gasteiger partial charge is 0.404 e. The van der Waals surface area contributed by atoms with Gasteiger partial charge in [-0.15, -0.1) is 0 Å². The molecule has 0 saturated carbocycles. The Labute approximate surface area is 99.6 Å². The van der Waals surface area contributed by atoms with Crippen LogP contribution in [0.15, 0.2) is 18.2 Å². The molecule has 2 rings (SSSR count). The highest BCUT2D eigenvalue weighted by atomic mass is 16.5. The zero-order valence-electron chi connectivity index (χ0n) is 9.48. The molecule has 0 aromatic heterocycles. The van der Waals surface area contributed by atoms with Gasteiger partial charge >= 0.3 is 6.09 Å². The van der Waals surface area contributed by atoms with Crippen molar-refractivity contribution in [3.63, 3.8) is 0 Å². The molecule has 1 aliphatic rings. The number of carbonyl (C=O) groups is 1. The molecule has 4 N–H and O–H groups in total. The second kappa shape index (κ2) is 5.05. The standard InChI is InChI=1S/C12H16N2O3/c13-7-10(14-12(15)16)6-8-1-2-11-9(5-8)3-4-17-11/h1-2,5,10,14H,3-4,6-7,13H2,(H,15,16)/t10-/m0/s1. The molecule has 1 aliphatic heterocycles. The van der Waals surface area contributed by atoms with Crippen LogP contribution < -0.4 is 15.8 Å². The lowest BCUT2D eigenvalue weighted by molar-refractivity contribution is 0.190. The van der Waals surface area contributed by atoms with Gasteiger partial charge in [0.1, 0.15) is 5.75 Å². The third-order valence-electron chi connectivity index (χ3n) is 2.85. The molecule has 0 radical (unpaired) electrons. The van der Waals surface area contributed by atoms with Crippen LogP contribution in [-0.4, -0.2) is 30.4 Å². The van der Waals surface area contributed by atoms with E-state index in [0.717, 1.165) is 24.3 Å². The normalized spacial score (nSPS) is 14.9. The molecule has 1 heterocycles. The van der Waals surface area contributed by atoms with Crippen molar-refractivity contribution in [1.29, 1.82) is 0 Å². The Hall–Kier alpha value is -1.75. The summed E-state index contributed by atoms with van der Waals surface area (Å²) in [4.78, 5) is 10.6. The zero-order chi connectivity index (χ0) is 12.3. The van der Waals surface area contributed by atoms with Crippen LogP contribution in [0, 0.1) is 0 Å². The molecule has 5 nitrogen and oxygen atoms in total. The topological polar surface area (TPSA) is 84.6 Å². The maximum Gasteiger partial charge on any atom is 0.404 e. The van der Waals surface area contributed by atoms with E-state index in [9.17, 15) is 4.79 Å². The second-order valence-corrected chi connectivity index (χ2v) is 4.13. The number of hydrogen-bond donors (Lipinski definition) is 3. The molecule has 1 atom stereocenters. The number of nitrogens with two attached hydrogens (primary N) is 1. The minimum atomic E-state index is -1.04. The Kier molecular flexibility index (Phi) is 3.49. The Balaban J connectivity index is 2.04. The summed E-state index contributed by atoms with van der Waals surface area (Å²) in [6, 6.07) is 5.71. The highest BCUT2D eigenvalue weighted by Gasteiger charge is 2.15. The fourth-order valence-corrected chi connectivity index (χ4v) is 2.02. The van der Waals surface area contributed by atoms with Crippen molar-refractivity contribution in [3.05, 3.63) is 29.3 Å². The fourth-order valence-electron chi connectivity index (χ4n) is 2.02. The number of rotatable bonds is 4. The quantitative estimate of drug-likeness (QED) is 0.720. The van der Waals surface area contributed by atoms with Crippen molar-refractivity contribution in [2.45, 2.75) is 18.9 Å². The van der Waals surface area contributed by atoms with Crippen LogP contribution in [0.1, 0.15) is 11.1 Å². The van der Waals surface area contributed by atoms with E-state index in [4.69, 9.17) is 15.6 Å². The summed E-state index contributed by atoms with van der Waals surface area (Å²) < 4.78 is 5.41. The predicted molar refractivity (Wildman–Crippen MR) is 63.3 cm³/mol. The lowest BCUT2D eigenvalue weighted by Gasteiger charge is -2.15. The van der Waals surface area contributed by atoms with E-state index < -0.39 is 6.09 Å². The van der Waals surface area contributed by atoms with Gasteiger partial charge in [0, 0.05) is 19.0 Å². The monoisotopic (exact) mass is 236 g/mol. The Morgan fingerprint density at radius 2 is 2.41 bits per heavy atom. The van der Waals surface area contributed by atoms with E-state index in [1.807, 2.05) is 12.1 Å². The molecule has 0 aliphatic carbocycles. The average Bonchev–Trinajstić information content (AvgIpc) is 2.74. The fraction of sp³-hybridized carbons (Fsp3) is 0.417. The first-order chi connectivity index (χ1) is 8.19. The molecular formula is C12H16N2O3. The number of carboxylic acid groups (broad SMARTS) is 1. The number of hydrogen-bond acceptors (Lipinski definition) is 3. The lowest BCUT2D eigenvalue weighted by Crippen LogP contribution is -2.40. The molecule has 1 aromatic carbocycles. The molecule has 0 unspecified atom stereocenters. The van der Waals surface area contributed by atoms with Crippen LogP contribution in [0.5, 0.6) is 5.75 Å². The maximum absolute atomic E-state index is 10.6.